The zero-order chi connectivity index (χ0) is 13.1. The number of rotatable bonds is 6. The van der Waals surface area contributed by atoms with Crippen molar-refractivity contribution in [3.63, 3.8) is 0 Å². The maximum atomic E-state index is 11.6. The number of carbonyl (C=O) groups excluding carboxylic acids is 1. The Labute approximate surface area is 113 Å². The van der Waals surface area contributed by atoms with Gasteiger partial charge in [0.05, 0.1) is 6.33 Å². The van der Waals surface area contributed by atoms with Crippen molar-refractivity contribution in [2.24, 2.45) is 0 Å². The molecule has 2 aliphatic rings. The zero-order valence-corrected chi connectivity index (χ0v) is 11.3. The summed E-state index contributed by atoms with van der Waals surface area (Å²) < 4.78 is 2.21. The van der Waals surface area contributed by atoms with Crippen LogP contribution in [0.2, 0.25) is 0 Å². The van der Waals surface area contributed by atoms with Crippen molar-refractivity contribution in [2.45, 2.75) is 50.6 Å². The third-order valence-electron chi connectivity index (χ3n) is 3.97. The predicted molar refractivity (Wildman–Crippen MR) is 72.9 cm³/mol. The van der Waals surface area contributed by atoms with Crippen LogP contribution in [0.4, 0.5) is 0 Å². The average Bonchev–Trinajstić information content (AvgIpc) is 2.91. The summed E-state index contributed by atoms with van der Waals surface area (Å²) in [6.07, 6.45) is 8.89. The third-order valence-corrected chi connectivity index (χ3v) is 3.97. The summed E-state index contributed by atoms with van der Waals surface area (Å²) in [5, 5.41) is 6.42. The number of nitrogens with one attached hydrogen (secondary N) is 2. The van der Waals surface area contributed by atoms with Crippen LogP contribution in [0.1, 0.15) is 43.7 Å². The highest BCUT2D eigenvalue weighted by Crippen LogP contribution is 2.22. The summed E-state index contributed by atoms with van der Waals surface area (Å²) in [7, 11) is 0. The van der Waals surface area contributed by atoms with Crippen LogP contribution in [-0.2, 0) is 11.3 Å². The van der Waals surface area contributed by atoms with Gasteiger partial charge < -0.3 is 15.2 Å². The molecule has 3 rings (SSSR count). The maximum Gasteiger partial charge on any atom is 0.220 e. The fourth-order valence-electron chi connectivity index (χ4n) is 2.70. The monoisotopic (exact) mass is 262 g/mol. The molecule has 2 fully saturated rings. The quantitative estimate of drug-likeness (QED) is 0.804. The van der Waals surface area contributed by atoms with Gasteiger partial charge in [-0.15, -0.1) is 0 Å². The van der Waals surface area contributed by atoms with Crippen LogP contribution in [0.25, 0.3) is 0 Å². The number of imidazole rings is 1. The first-order valence-electron chi connectivity index (χ1n) is 7.33. The molecule has 19 heavy (non-hydrogen) atoms. The summed E-state index contributed by atoms with van der Waals surface area (Å²) in [6, 6.07) is 0.473. The van der Waals surface area contributed by atoms with Crippen LogP contribution in [0.15, 0.2) is 12.5 Å². The average molecular weight is 262 g/mol. The summed E-state index contributed by atoms with van der Waals surface area (Å²) >= 11 is 0. The molecule has 5 heteroatoms. The van der Waals surface area contributed by atoms with E-state index in [-0.39, 0.29) is 5.91 Å². The lowest BCUT2D eigenvalue weighted by molar-refractivity contribution is -0.121. The number of carbonyl (C=O) groups is 1. The van der Waals surface area contributed by atoms with Gasteiger partial charge in [-0.25, -0.2) is 4.98 Å². The first-order chi connectivity index (χ1) is 9.33. The molecule has 0 bridgehead atoms. The molecule has 1 amide bonds. The predicted octanol–water partition coefficient (Wildman–Crippen LogP) is 1.02. The van der Waals surface area contributed by atoms with Crippen molar-refractivity contribution in [2.75, 3.05) is 13.1 Å². The lowest BCUT2D eigenvalue weighted by Gasteiger charge is -2.12. The Morgan fingerprint density at radius 3 is 3.11 bits per heavy atom. The number of hydrogen-bond acceptors (Lipinski definition) is 3. The molecule has 1 aromatic rings. The first kappa shape index (κ1) is 12.7. The number of aryl methyl sites for hydroxylation is 1. The number of aromatic nitrogens is 2. The van der Waals surface area contributed by atoms with Crippen molar-refractivity contribution in [1.29, 1.82) is 0 Å². The number of nitrogens with zero attached hydrogens (tertiary/aromatic N) is 2. The largest absolute Gasteiger partial charge is 0.353 e. The minimum Gasteiger partial charge on any atom is -0.353 e. The van der Waals surface area contributed by atoms with E-state index in [9.17, 15) is 4.79 Å². The van der Waals surface area contributed by atoms with Gasteiger partial charge in [0.2, 0.25) is 5.91 Å². The molecule has 1 aliphatic heterocycles. The van der Waals surface area contributed by atoms with Crippen LogP contribution in [0.3, 0.4) is 0 Å². The minimum atomic E-state index is 0.201. The van der Waals surface area contributed by atoms with Gasteiger partial charge in [0.25, 0.3) is 0 Å². The van der Waals surface area contributed by atoms with E-state index in [0.29, 0.717) is 18.4 Å². The first-order valence-corrected chi connectivity index (χ1v) is 7.33. The van der Waals surface area contributed by atoms with Crippen molar-refractivity contribution in [1.82, 2.24) is 20.2 Å². The highest BCUT2D eigenvalue weighted by atomic mass is 16.1. The second-order valence-electron chi connectivity index (χ2n) is 5.65. The molecule has 104 valence electrons. The van der Waals surface area contributed by atoms with Crippen LogP contribution in [0.5, 0.6) is 0 Å². The molecule has 1 saturated heterocycles. The van der Waals surface area contributed by atoms with E-state index in [1.54, 1.807) is 0 Å². The van der Waals surface area contributed by atoms with Crippen molar-refractivity contribution in [3.8, 4) is 0 Å². The van der Waals surface area contributed by atoms with E-state index in [2.05, 4.69) is 20.2 Å². The molecule has 0 spiro atoms. The Morgan fingerprint density at radius 2 is 2.37 bits per heavy atom. The normalized spacial score (nSPS) is 22.6. The lowest BCUT2D eigenvalue weighted by Crippen LogP contribution is -2.25. The highest BCUT2D eigenvalue weighted by molar-refractivity contribution is 5.76. The van der Waals surface area contributed by atoms with Gasteiger partial charge in [-0.2, -0.15) is 0 Å². The van der Waals surface area contributed by atoms with E-state index in [1.165, 1.54) is 12.1 Å². The number of hydrogen-bond donors (Lipinski definition) is 2. The van der Waals surface area contributed by atoms with Gasteiger partial charge in [0.15, 0.2) is 0 Å². The summed E-state index contributed by atoms with van der Waals surface area (Å²) in [6.45, 7) is 3.04. The summed E-state index contributed by atoms with van der Waals surface area (Å²) in [5.41, 5.74) is 1.31. The van der Waals surface area contributed by atoms with Crippen LogP contribution in [0, 0.1) is 0 Å². The molecule has 2 heterocycles. The van der Waals surface area contributed by atoms with E-state index in [0.717, 1.165) is 38.9 Å². The Hall–Kier alpha value is -1.36. The molecule has 1 saturated carbocycles. The Balaban J connectivity index is 1.46. The Kier molecular flexibility index (Phi) is 3.82. The van der Waals surface area contributed by atoms with Gasteiger partial charge in [0, 0.05) is 43.4 Å². The molecule has 1 aromatic heterocycles. The molecule has 1 unspecified atom stereocenters. The second-order valence-corrected chi connectivity index (χ2v) is 5.65. The number of amides is 1. The highest BCUT2D eigenvalue weighted by Gasteiger charge is 2.23. The van der Waals surface area contributed by atoms with Crippen molar-refractivity contribution in [3.05, 3.63) is 18.2 Å². The minimum absolute atomic E-state index is 0.201. The van der Waals surface area contributed by atoms with E-state index in [4.69, 9.17) is 0 Å². The molecular formula is C14H22N4O. The topological polar surface area (TPSA) is 59.0 Å². The molecule has 0 aromatic carbocycles. The standard InChI is InChI=1S/C14H22N4O/c19-14(17-12-3-4-12)2-1-7-18-10-16-9-13(18)11-5-6-15-8-11/h9-12,15H,1-8H2,(H,17,19). The van der Waals surface area contributed by atoms with Crippen LogP contribution >= 0.6 is 0 Å². The van der Waals surface area contributed by atoms with E-state index in [1.807, 2.05) is 12.5 Å². The second kappa shape index (κ2) is 5.74. The fourth-order valence-corrected chi connectivity index (χ4v) is 2.70. The summed E-state index contributed by atoms with van der Waals surface area (Å²) in [4.78, 5) is 15.9. The van der Waals surface area contributed by atoms with Gasteiger partial charge in [-0.3, -0.25) is 4.79 Å². The SMILES string of the molecule is O=C(CCCn1cncc1C1CCNC1)NC1CC1. The van der Waals surface area contributed by atoms with Gasteiger partial charge in [-0.1, -0.05) is 0 Å². The van der Waals surface area contributed by atoms with Gasteiger partial charge in [0.1, 0.15) is 0 Å². The fraction of sp³-hybridized carbons (Fsp3) is 0.714. The van der Waals surface area contributed by atoms with E-state index >= 15 is 0 Å². The molecular weight excluding hydrogens is 240 g/mol. The van der Waals surface area contributed by atoms with E-state index < -0.39 is 0 Å². The van der Waals surface area contributed by atoms with Crippen LogP contribution in [-0.4, -0.2) is 34.6 Å². The molecule has 0 radical (unpaired) electrons. The maximum absolute atomic E-state index is 11.6. The third kappa shape index (κ3) is 3.35. The molecule has 1 aliphatic carbocycles. The Morgan fingerprint density at radius 1 is 1.47 bits per heavy atom. The smallest absolute Gasteiger partial charge is 0.220 e. The van der Waals surface area contributed by atoms with Crippen LogP contribution < -0.4 is 10.6 Å². The lowest BCUT2D eigenvalue weighted by atomic mass is 10.1. The molecule has 2 N–H and O–H groups in total. The van der Waals surface area contributed by atoms with Crippen molar-refractivity contribution >= 4 is 5.91 Å². The molecule has 1 atom stereocenters. The summed E-state index contributed by atoms with van der Waals surface area (Å²) in [5.74, 6) is 0.787. The van der Waals surface area contributed by atoms with Gasteiger partial charge in [-0.05, 0) is 32.2 Å². The zero-order valence-electron chi connectivity index (χ0n) is 11.3. The Bertz CT molecular complexity index is 432. The van der Waals surface area contributed by atoms with Crippen molar-refractivity contribution < 1.29 is 4.79 Å². The van der Waals surface area contributed by atoms with Gasteiger partial charge >= 0.3 is 0 Å². The molecule has 5 nitrogen and oxygen atoms in total.